The average Bonchev–Trinajstić information content (AvgIpc) is 2.98. The lowest BCUT2D eigenvalue weighted by Gasteiger charge is -2.49. The number of anilines is 1. The molecule has 0 bridgehead atoms. The van der Waals surface area contributed by atoms with Crippen molar-refractivity contribution in [2.75, 3.05) is 4.90 Å². The zero-order chi connectivity index (χ0) is 21.0. The number of benzene rings is 3. The van der Waals surface area contributed by atoms with Gasteiger partial charge in [0.25, 0.3) is 17.7 Å². The first-order chi connectivity index (χ1) is 14.5. The van der Waals surface area contributed by atoms with Gasteiger partial charge in [0.1, 0.15) is 11.9 Å². The van der Waals surface area contributed by atoms with Crippen LogP contribution in [0.25, 0.3) is 0 Å². The lowest BCUT2D eigenvalue weighted by molar-refractivity contribution is -0.130. The third-order valence-corrected chi connectivity index (χ3v) is 5.66. The zero-order valence-corrected chi connectivity index (χ0v) is 16.1. The van der Waals surface area contributed by atoms with E-state index in [-0.39, 0.29) is 5.91 Å². The lowest BCUT2D eigenvalue weighted by atomic mass is 9.86. The SMILES string of the molecule is Cc1cccc(N2C(=O)[C@@H](N3C(=O)c4ccccc4C3=O)[C@H]2c2ccc(F)cc2)c1. The molecule has 3 aromatic carbocycles. The second-order valence-corrected chi connectivity index (χ2v) is 7.51. The van der Waals surface area contributed by atoms with Crippen LogP contribution in [0.1, 0.15) is 37.9 Å². The van der Waals surface area contributed by atoms with Crippen molar-refractivity contribution < 1.29 is 18.8 Å². The van der Waals surface area contributed by atoms with E-state index >= 15 is 0 Å². The standard InChI is InChI=1S/C24H17FN2O3/c1-14-5-4-6-17(13-14)26-20(15-9-11-16(25)12-10-15)21(24(26)30)27-22(28)18-7-2-3-8-19(18)23(27)29/h2-13,20-21H,1H3/t20-,21+/m1/s1. The number of amides is 3. The quantitative estimate of drug-likeness (QED) is 0.495. The fraction of sp³-hybridized carbons (Fsp3) is 0.125. The van der Waals surface area contributed by atoms with Crippen molar-refractivity contribution in [1.82, 2.24) is 4.90 Å². The predicted octanol–water partition coefficient (Wildman–Crippen LogP) is 3.89. The summed E-state index contributed by atoms with van der Waals surface area (Å²) in [7, 11) is 0. The van der Waals surface area contributed by atoms with Crippen LogP contribution in [0.15, 0.2) is 72.8 Å². The largest absolute Gasteiger partial charge is 0.300 e. The van der Waals surface area contributed by atoms with Gasteiger partial charge in [-0.05, 0) is 54.4 Å². The van der Waals surface area contributed by atoms with Gasteiger partial charge in [-0.15, -0.1) is 0 Å². The zero-order valence-electron chi connectivity index (χ0n) is 16.1. The summed E-state index contributed by atoms with van der Waals surface area (Å²) in [5.74, 6) is -1.71. The molecule has 0 N–H and O–H groups in total. The smallest absolute Gasteiger partial charge is 0.262 e. The van der Waals surface area contributed by atoms with Crippen LogP contribution in [-0.2, 0) is 4.79 Å². The normalized spacial score (nSPS) is 20.4. The summed E-state index contributed by atoms with van der Waals surface area (Å²) < 4.78 is 13.5. The summed E-state index contributed by atoms with van der Waals surface area (Å²) >= 11 is 0. The van der Waals surface area contributed by atoms with Gasteiger partial charge in [0, 0.05) is 5.69 Å². The molecule has 0 spiro atoms. The van der Waals surface area contributed by atoms with Gasteiger partial charge in [-0.1, -0.05) is 36.4 Å². The minimum absolute atomic E-state index is 0.294. The van der Waals surface area contributed by atoms with Gasteiger partial charge >= 0.3 is 0 Å². The molecule has 3 aromatic rings. The second-order valence-electron chi connectivity index (χ2n) is 7.51. The number of fused-ring (bicyclic) bond motifs is 1. The summed E-state index contributed by atoms with van der Waals surface area (Å²) in [4.78, 5) is 41.9. The fourth-order valence-electron chi connectivity index (χ4n) is 4.24. The highest BCUT2D eigenvalue weighted by Crippen LogP contribution is 2.44. The molecule has 3 amide bonds. The first-order valence-corrected chi connectivity index (χ1v) is 9.59. The van der Waals surface area contributed by atoms with Crippen LogP contribution in [-0.4, -0.2) is 28.7 Å². The molecule has 0 unspecified atom stereocenters. The first kappa shape index (κ1) is 18.2. The molecule has 0 aliphatic carbocycles. The molecule has 0 radical (unpaired) electrons. The summed E-state index contributed by atoms with van der Waals surface area (Å²) in [5.41, 5.74) is 2.88. The van der Waals surface area contributed by atoms with Crippen LogP contribution in [0.2, 0.25) is 0 Å². The van der Waals surface area contributed by atoms with Crippen LogP contribution in [0.5, 0.6) is 0 Å². The molecule has 2 aliphatic heterocycles. The number of carbonyl (C=O) groups excluding carboxylic acids is 3. The average molecular weight is 400 g/mol. The van der Waals surface area contributed by atoms with Crippen LogP contribution < -0.4 is 4.90 Å². The Labute approximate surface area is 172 Å². The molecule has 148 valence electrons. The van der Waals surface area contributed by atoms with E-state index in [0.29, 0.717) is 22.4 Å². The lowest BCUT2D eigenvalue weighted by Crippen LogP contribution is -2.67. The Hall–Kier alpha value is -3.80. The summed E-state index contributed by atoms with van der Waals surface area (Å²) in [5, 5.41) is 0. The Balaban J connectivity index is 1.60. The van der Waals surface area contributed by atoms with Gasteiger partial charge in [0.2, 0.25) is 0 Å². The highest BCUT2D eigenvalue weighted by Gasteiger charge is 2.57. The van der Waals surface area contributed by atoms with Crippen LogP contribution >= 0.6 is 0 Å². The number of nitrogens with zero attached hydrogens (tertiary/aromatic N) is 2. The van der Waals surface area contributed by atoms with Crippen molar-refractivity contribution in [2.45, 2.75) is 19.0 Å². The highest BCUT2D eigenvalue weighted by atomic mass is 19.1. The van der Waals surface area contributed by atoms with Crippen molar-refractivity contribution in [1.29, 1.82) is 0 Å². The molecule has 30 heavy (non-hydrogen) atoms. The molecule has 6 heteroatoms. The van der Waals surface area contributed by atoms with Crippen molar-refractivity contribution >= 4 is 23.4 Å². The number of imide groups is 1. The highest BCUT2D eigenvalue weighted by molar-refractivity contribution is 6.24. The Bertz CT molecular complexity index is 1170. The van der Waals surface area contributed by atoms with Crippen LogP contribution in [0.4, 0.5) is 10.1 Å². The number of carbonyl (C=O) groups is 3. The Morgan fingerprint density at radius 2 is 1.37 bits per heavy atom. The topological polar surface area (TPSA) is 57.7 Å². The molecular formula is C24H17FN2O3. The maximum Gasteiger partial charge on any atom is 0.262 e. The molecule has 1 saturated heterocycles. The summed E-state index contributed by atoms with van der Waals surface area (Å²) in [6.45, 7) is 1.92. The maximum absolute atomic E-state index is 13.5. The number of β-lactam (4-membered cyclic amide) rings is 1. The third kappa shape index (κ3) is 2.57. The van der Waals surface area contributed by atoms with Gasteiger partial charge in [-0.25, -0.2) is 4.39 Å². The predicted molar refractivity (Wildman–Crippen MR) is 109 cm³/mol. The molecule has 1 fully saturated rings. The fourth-order valence-corrected chi connectivity index (χ4v) is 4.24. The van der Waals surface area contributed by atoms with E-state index in [1.165, 1.54) is 12.1 Å². The number of hydrogen-bond donors (Lipinski definition) is 0. The van der Waals surface area contributed by atoms with E-state index in [2.05, 4.69) is 0 Å². The molecule has 5 nitrogen and oxygen atoms in total. The summed E-state index contributed by atoms with van der Waals surface area (Å²) in [6.07, 6.45) is 0. The van der Waals surface area contributed by atoms with Gasteiger partial charge < -0.3 is 4.90 Å². The van der Waals surface area contributed by atoms with E-state index in [1.54, 1.807) is 47.4 Å². The van der Waals surface area contributed by atoms with Crippen molar-refractivity contribution in [3.8, 4) is 0 Å². The van der Waals surface area contributed by atoms with Gasteiger partial charge in [-0.3, -0.25) is 19.3 Å². The first-order valence-electron chi connectivity index (χ1n) is 9.59. The molecule has 2 atom stereocenters. The summed E-state index contributed by atoms with van der Waals surface area (Å²) in [6, 6.07) is 18.2. The Morgan fingerprint density at radius 3 is 1.97 bits per heavy atom. The number of hydrogen-bond acceptors (Lipinski definition) is 3. The Morgan fingerprint density at radius 1 is 0.733 bits per heavy atom. The van der Waals surface area contributed by atoms with Crippen LogP contribution in [0, 0.1) is 12.7 Å². The van der Waals surface area contributed by atoms with Gasteiger partial charge in [-0.2, -0.15) is 0 Å². The molecule has 5 rings (SSSR count). The third-order valence-electron chi connectivity index (χ3n) is 5.66. The number of rotatable bonds is 3. The van der Waals surface area contributed by atoms with Crippen LogP contribution in [0.3, 0.4) is 0 Å². The number of aryl methyl sites for hydroxylation is 1. The second kappa shape index (κ2) is 6.62. The molecule has 2 aliphatic rings. The van der Waals surface area contributed by atoms with Gasteiger partial charge in [0.05, 0.1) is 17.2 Å². The molecule has 0 saturated carbocycles. The van der Waals surface area contributed by atoms with Gasteiger partial charge in [0.15, 0.2) is 0 Å². The van der Waals surface area contributed by atoms with Crippen molar-refractivity contribution in [3.63, 3.8) is 0 Å². The minimum atomic E-state index is -0.983. The minimum Gasteiger partial charge on any atom is -0.300 e. The monoisotopic (exact) mass is 400 g/mol. The number of halogens is 1. The molecule has 2 heterocycles. The van der Waals surface area contributed by atoms with E-state index < -0.39 is 29.7 Å². The Kier molecular flexibility index (Phi) is 4.03. The van der Waals surface area contributed by atoms with E-state index in [9.17, 15) is 18.8 Å². The van der Waals surface area contributed by atoms with Crippen molar-refractivity contribution in [2.24, 2.45) is 0 Å². The van der Waals surface area contributed by atoms with E-state index in [0.717, 1.165) is 10.5 Å². The maximum atomic E-state index is 13.5. The van der Waals surface area contributed by atoms with E-state index in [4.69, 9.17) is 0 Å². The molecule has 0 aromatic heterocycles. The van der Waals surface area contributed by atoms with Crippen molar-refractivity contribution in [3.05, 3.63) is 101 Å². The van der Waals surface area contributed by atoms with E-state index in [1.807, 2.05) is 25.1 Å². The molecular weight excluding hydrogens is 383 g/mol.